The van der Waals surface area contributed by atoms with Crippen LogP contribution in [-0.4, -0.2) is 49.2 Å². The summed E-state index contributed by atoms with van der Waals surface area (Å²) in [5.41, 5.74) is 8.40. The lowest BCUT2D eigenvalue weighted by molar-refractivity contribution is 0.0950. The number of hydrogen-bond acceptors (Lipinski definition) is 8. The third kappa shape index (κ3) is 3.05. The maximum atomic E-state index is 12.9. The average Bonchev–Trinajstić information content (AvgIpc) is 3.10. The van der Waals surface area contributed by atoms with Gasteiger partial charge in [0.2, 0.25) is 5.95 Å². The highest BCUT2D eigenvalue weighted by Crippen LogP contribution is 2.43. The quantitative estimate of drug-likeness (QED) is 0.575. The minimum atomic E-state index is -0.0691. The summed E-state index contributed by atoms with van der Waals surface area (Å²) in [4.78, 5) is 23.0. The number of aromatic nitrogens is 2. The van der Waals surface area contributed by atoms with Crippen molar-refractivity contribution in [1.29, 1.82) is 0 Å². The Kier molecular flexibility index (Phi) is 4.52. The fourth-order valence-corrected chi connectivity index (χ4v) is 5.34. The van der Waals surface area contributed by atoms with Gasteiger partial charge in [-0.1, -0.05) is 0 Å². The number of thiophene rings is 1. The SMILES string of the molecule is COc1cc(C)c(-c2nc(N)nc3sc(C(=O)NC4C5CNCC54)cc23)c(OC)c1. The molecule has 2 unspecified atom stereocenters. The minimum Gasteiger partial charge on any atom is -0.497 e. The number of aryl methyl sites for hydroxylation is 1. The second-order valence-electron chi connectivity index (χ2n) is 7.77. The van der Waals surface area contributed by atoms with Crippen molar-refractivity contribution in [3.63, 3.8) is 0 Å². The van der Waals surface area contributed by atoms with E-state index >= 15 is 0 Å². The molecule has 1 aliphatic carbocycles. The molecule has 1 aliphatic heterocycles. The van der Waals surface area contributed by atoms with Crippen molar-refractivity contribution in [2.75, 3.05) is 33.0 Å². The van der Waals surface area contributed by atoms with Gasteiger partial charge in [-0.3, -0.25) is 4.79 Å². The topological polar surface area (TPSA) is 111 Å². The molecule has 2 aromatic heterocycles. The molecule has 0 spiro atoms. The normalized spacial score (nSPS) is 22.0. The average molecular weight is 426 g/mol. The van der Waals surface area contributed by atoms with Crippen LogP contribution in [0.3, 0.4) is 0 Å². The number of fused-ring (bicyclic) bond motifs is 2. The highest BCUT2D eigenvalue weighted by molar-refractivity contribution is 7.20. The van der Waals surface area contributed by atoms with Gasteiger partial charge in [-0.2, -0.15) is 0 Å². The summed E-state index contributed by atoms with van der Waals surface area (Å²) in [5.74, 6) is 2.52. The Morgan fingerprint density at radius 3 is 2.67 bits per heavy atom. The highest BCUT2D eigenvalue weighted by atomic mass is 32.1. The number of amides is 1. The molecule has 1 saturated heterocycles. The predicted octanol–water partition coefficient (Wildman–Crippen LogP) is 2.21. The van der Waals surface area contributed by atoms with Gasteiger partial charge in [0.05, 0.1) is 24.8 Å². The molecule has 30 heavy (non-hydrogen) atoms. The summed E-state index contributed by atoms with van der Waals surface area (Å²) in [6, 6.07) is 5.85. The van der Waals surface area contributed by atoms with Crippen LogP contribution in [-0.2, 0) is 0 Å². The Morgan fingerprint density at radius 1 is 1.20 bits per heavy atom. The summed E-state index contributed by atoms with van der Waals surface area (Å²) in [6.45, 7) is 3.92. The number of piperidine rings is 1. The Bertz CT molecular complexity index is 1150. The van der Waals surface area contributed by atoms with Gasteiger partial charge >= 0.3 is 0 Å². The first-order valence-corrected chi connectivity index (χ1v) is 10.6. The van der Waals surface area contributed by atoms with Crippen LogP contribution in [0.25, 0.3) is 21.5 Å². The molecule has 156 valence electrons. The first kappa shape index (κ1) is 19.1. The largest absolute Gasteiger partial charge is 0.497 e. The van der Waals surface area contributed by atoms with Crippen molar-refractivity contribution >= 4 is 33.4 Å². The lowest BCUT2D eigenvalue weighted by Gasteiger charge is -2.14. The molecule has 1 amide bonds. The summed E-state index contributed by atoms with van der Waals surface area (Å²) < 4.78 is 11.0. The van der Waals surface area contributed by atoms with Crippen molar-refractivity contribution in [3.8, 4) is 22.8 Å². The van der Waals surface area contributed by atoms with E-state index in [-0.39, 0.29) is 17.9 Å². The number of benzene rings is 1. The molecule has 1 aromatic carbocycles. The van der Waals surface area contributed by atoms with Crippen molar-refractivity contribution in [1.82, 2.24) is 20.6 Å². The Labute approximate surface area is 177 Å². The molecule has 1 saturated carbocycles. The second kappa shape index (κ2) is 7.10. The van der Waals surface area contributed by atoms with Crippen LogP contribution in [0.2, 0.25) is 0 Å². The predicted molar refractivity (Wildman–Crippen MR) is 116 cm³/mol. The summed E-state index contributed by atoms with van der Waals surface area (Å²) in [5, 5.41) is 7.29. The van der Waals surface area contributed by atoms with Gasteiger partial charge in [0.1, 0.15) is 16.3 Å². The number of nitrogen functional groups attached to an aromatic ring is 1. The second-order valence-corrected chi connectivity index (χ2v) is 8.80. The number of ether oxygens (including phenoxy) is 2. The van der Waals surface area contributed by atoms with Crippen LogP contribution in [0.1, 0.15) is 15.2 Å². The zero-order chi connectivity index (χ0) is 21.0. The van der Waals surface area contributed by atoms with Crippen molar-refractivity contribution in [3.05, 3.63) is 28.6 Å². The van der Waals surface area contributed by atoms with Crippen LogP contribution in [0.15, 0.2) is 18.2 Å². The van der Waals surface area contributed by atoms with Gasteiger partial charge in [0, 0.05) is 36.1 Å². The van der Waals surface area contributed by atoms with E-state index < -0.39 is 0 Å². The summed E-state index contributed by atoms with van der Waals surface area (Å²) >= 11 is 1.33. The van der Waals surface area contributed by atoms with Gasteiger partial charge in [0.25, 0.3) is 5.91 Å². The van der Waals surface area contributed by atoms with E-state index in [0.29, 0.717) is 38.7 Å². The third-order valence-corrected chi connectivity index (χ3v) is 7.02. The lowest BCUT2D eigenvalue weighted by Crippen LogP contribution is -2.32. The standard InChI is InChI=1S/C21H23N5O3S/c1-9-4-10(28-2)5-14(29-3)16(9)18-11-6-15(30-20(11)26-21(22)25-18)19(27)24-17-12-7-23-8-13(12)17/h4-6,12-13,17,23H,7-8H2,1-3H3,(H,24,27)(H2,22,25,26). The molecule has 0 radical (unpaired) electrons. The molecule has 4 N–H and O–H groups in total. The number of nitrogens with two attached hydrogens (primary N) is 1. The van der Waals surface area contributed by atoms with Crippen LogP contribution < -0.4 is 25.8 Å². The van der Waals surface area contributed by atoms with Gasteiger partial charge in [-0.15, -0.1) is 11.3 Å². The van der Waals surface area contributed by atoms with Crippen molar-refractivity contribution in [2.24, 2.45) is 11.8 Å². The maximum Gasteiger partial charge on any atom is 0.261 e. The van der Waals surface area contributed by atoms with Gasteiger partial charge < -0.3 is 25.8 Å². The Balaban J connectivity index is 1.56. The van der Waals surface area contributed by atoms with E-state index in [1.807, 2.05) is 25.1 Å². The van der Waals surface area contributed by atoms with Crippen LogP contribution in [0.5, 0.6) is 11.5 Å². The molecular formula is C21H23N5O3S. The summed E-state index contributed by atoms with van der Waals surface area (Å²) in [6.07, 6.45) is 0. The lowest BCUT2D eigenvalue weighted by atomic mass is 10.0. The van der Waals surface area contributed by atoms with Gasteiger partial charge in [-0.05, 0) is 36.5 Å². The van der Waals surface area contributed by atoms with Gasteiger partial charge in [0.15, 0.2) is 0 Å². The number of methoxy groups -OCH3 is 2. The van der Waals surface area contributed by atoms with Crippen LogP contribution >= 0.6 is 11.3 Å². The van der Waals surface area contributed by atoms with E-state index in [1.165, 1.54) is 11.3 Å². The fraction of sp³-hybridized carbons (Fsp3) is 0.381. The molecule has 2 aliphatic rings. The Hall–Kier alpha value is -2.91. The molecular weight excluding hydrogens is 402 g/mol. The first-order valence-electron chi connectivity index (χ1n) is 9.81. The van der Waals surface area contributed by atoms with E-state index in [2.05, 4.69) is 20.6 Å². The molecule has 2 fully saturated rings. The minimum absolute atomic E-state index is 0.0691. The van der Waals surface area contributed by atoms with Crippen molar-refractivity contribution in [2.45, 2.75) is 13.0 Å². The molecule has 9 heteroatoms. The molecule has 2 atom stereocenters. The molecule has 3 aromatic rings. The Morgan fingerprint density at radius 2 is 1.97 bits per heavy atom. The van der Waals surface area contributed by atoms with E-state index in [1.54, 1.807) is 14.2 Å². The molecule has 8 nitrogen and oxygen atoms in total. The first-order chi connectivity index (χ1) is 14.5. The van der Waals surface area contributed by atoms with Crippen LogP contribution in [0, 0.1) is 18.8 Å². The van der Waals surface area contributed by atoms with Crippen LogP contribution in [0.4, 0.5) is 5.95 Å². The number of rotatable bonds is 5. The number of carbonyl (C=O) groups is 1. The number of nitrogens with one attached hydrogen (secondary N) is 2. The summed E-state index contributed by atoms with van der Waals surface area (Å²) in [7, 11) is 3.22. The number of carbonyl (C=O) groups excluding carboxylic acids is 1. The monoisotopic (exact) mass is 425 g/mol. The van der Waals surface area contributed by atoms with E-state index in [9.17, 15) is 4.79 Å². The number of hydrogen-bond donors (Lipinski definition) is 3. The molecule has 3 heterocycles. The number of nitrogens with zero attached hydrogens (tertiary/aromatic N) is 2. The van der Waals surface area contributed by atoms with Gasteiger partial charge in [-0.25, -0.2) is 9.97 Å². The van der Waals surface area contributed by atoms with E-state index in [4.69, 9.17) is 15.2 Å². The third-order valence-electron chi connectivity index (χ3n) is 5.99. The molecule has 0 bridgehead atoms. The smallest absolute Gasteiger partial charge is 0.261 e. The molecule has 5 rings (SSSR count). The van der Waals surface area contributed by atoms with E-state index in [0.717, 1.165) is 29.6 Å². The zero-order valence-electron chi connectivity index (χ0n) is 17.0. The highest BCUT2D eigenvalue weighted by Gasteiger charge is 2.53. The zero-order valence-corrected chi connectivity index (χ0v) is 17.8. The van der Waals surface area contributed by atoms with Crippen molar-refractivity contribution < 1.29 is 14.3 Å². The fourth-order valence-electron chi connectivity index (χ4n) is 4.40. The number of anilines is 1. The maximum absolute atomic E-state index is 12.9.